The number of methoxy groups -OCH3 is 1. The molecule has 2 aromatic rings. The van der Waals surface area contributed by atoms with E-state index in [1.807, 2.05) is 0 Å². The van der Waals surface area contributed by atoms with Crippen molar-refractivity contribution in [2.75, 3.05) is 20.3 Å². The van der Waals surface area contributed by atoms with Gasteiger partial charge in [0.25, 0.3) is 11.7 Å². The van der Waals surface area contributed by atoms with Gasteiger partial charge in [-0.2, -0.15) is 0 Å². The number of ketones is 1. The first kappa shape index (κ1) is 21.5. The maximum atomic E-state index is 12.8. The predicted molar refractivity (Wildman–Crippen MR) is 110 cm³/mol. The molecule has 30 heavy (non-hydrogen) atoms. The van der Waals surface area contributed by atoms with Gasteiger partial charge in [-0.05, 0) is 42.0 Å². The van der Waals surface area contributed by atoms with Gasteiger partial charge in [0.05, 0.1) is 18.2 Å². The fourth-order valence-corrected chi connectivity index (χ4v) is 3.42. The van der Waals surface area contributed by atoms with Gasteiger partial charge in [-0.15, -0.1) is 0 Å². The number of carbonyl (C=O) groups is 3. The van der Waals surface area contributed by atoms with E-state index in [2.05, 4.69) is 0 Å². The number of halogens is 1. The lowest BCUT2D eigenvalue weighted by atomic mass is 9.95. The molecule has 1 fully saturated rings. The number of esters is 1. The first-order chi connectivity index (χ1) is 14.3. The Bertz CT molecular complexity index is 997. The zero-order chi connectivity index (χ0) is 21.8. The van der Waals surface area contributed by atoms with Crippen molar-refractivity contribution in [3.8, 4) is 5.75 Å². The summed E-state index contributed by atoms with van der Waals surface area (Å²) in [7, 11) is 1.49. The number of rotatable bonds is 6. The van der Waals surface area contributed by atoms with Gasteiger partial charge in [-0.1, -0.05) is 23.7 Å². The van der Waals surface area contributed by atoms with Crippen LogP contribution in [0.15, 0.2) is 54.1 Å². The van der Waals surface area contributed by atoms with Crippen LogP contribution in [0.5, 0.6) is 5.75 Å². The Labute approximate surface area is 178 Å². The van der Waals surface area contributed by atoms with Gasteiger partial charge in [0, 0.05) is 31.2 Å². The van der Waals surface area contributed by atoms with E-state index in [0.717, 1.165) is 0 Å². The lowest BCUT2D eigenvalue weighted by molar-refractivity contribution is -0.140. The lowest BCUT2D eigenvalue weighted by Crippen LogP contribution is -2.32. The molecule has 1 atom stereocenters. The molecule has 1 saturated heterocycles. The van der Waals surface area contributed by atoms with Gasteiger partial charge < -0.3 is 19.5 Å². The molecule has 0 saturated carbocycles. The molecule has 0 bridgehead atoms. The molecule has 1 amide bonds. The Morgan fingerprint density at radius 2 is 1.73 bits per heavy atom. The Kier molecular flexibility index (Phi) is 6.54. The zero-order valence-electron chi connectivity index (χ0n) is 16.4. The summed E-state index contributed by atoms with van der Waals surface area (Å²) in [6.45, 7) is 1.67. The summed E-state index contributed by atoms with van der Waals surface area (Å²) in [6.07, 6.45) is 0. The molecule has 0 radical (unpaired) electrons. The molecular formula is C22H20ClNO6. The van der Waals surface area contributed by atoms with Crippen molar-refractivity contribution in [2.45, 2.75) is 13.0 Å². The van der Waals surface area contributed by atoms with Gasteiger partial charge in [0.15, 0.2) is 0 Å². The zero-order valence-corrected chi connectivity index (χ0v) is 17.2. The van der Waals surface area contributed by atoms with Gasteiger partial charge >= 0.3 is 5.97 Å². The van der Waals surface area contributed by atoms with Crippen LogP contribution in [0.1, 0.15) is 24.1 Å². The minimum absolute atomic E-state index is 0.0290. The van der Waals surface area contributed by atoms with E-state index in [9.17, 15) is 19.5 Å². The van der Waals surface area contributed by atoms with Crippen LogP contribution in [-0.4, -0.2) is 47.9 Å². The topological polar surface area (TPSA) is 93.1 Å². The van der Waals surface area contributed by atoms with E-state index < -0.39 is 23.7 Å². The van der Waals surface area contributed by atoms with Crippen molar-refractivity contribution in [1.82, 2.24) is 4.90 Å². The normalized spacial score (nSPS) is 18.0. The molecular weight excluding hydrogens is 410 g/mol. The number of hydrogen-bond donors (Lipinski definition) is 1. The van der Waals surface area contributed by atoms with E-state index in [-0.39, 0.29) is 24.5 Å². The van der Waals surface area contributed by atoms with Crippen molar-refractivity contribution >= 4 is 35.0 Å². The summed E-state index contributed by atoms with van der Waals surface area (Å²) in [5.74, 6) is -1.93. The number of amides is 1. The van der Waals surface area contributed by atoms with Crippen LogP contribution < -0.4 is 4.74 Å². The molecule has 156 valence electrons. The van der Waals surface area contributed by atoms with E-state index in [1.54, 1.807) is 48.5 Å². The predicted octanol–water partition coefficient (Wildman–Crippen LogP) is 3.33. The van der Waals surface area contributed by atoms with Gasteiger partial charge in [0.1, 0.15) is 11.5 Å². The fourth-order valence-electron chi connectivity index (χ4n) is 3.29. The van der Waals surface area contributed by atoms with Gasteiger partial charge in [0.2, 0.25) is 0 Å². The molecule has 0 aromatic heterocycles. The Morgan fingerprint density at radius 3 is 2.30 bits per heavy atom. The molecule has 1 unspecified atom stereocenters. The third kappa shape index (κ3) is 4.37. The number of aliphatic hydroxyl groups excluding tert-OH is 1. The average molecular weight is 430 g/mol. The van der Waals surface area contributed by atoms with Crippen LogP contribution in [0.2, 0.25) is 5.02 Å². The van der Waals surface area contributed by atoms with Crippen molar-refractivity contribution in [2.24, 2.45) is 0 Å². The van der Waals surface area contributed by atoms with E-state index >= 15 is 0 Å². The van der Waals surface area contributed by atoms with Crippen LogP contribution in [0, 0.1) is 0 Å². The van der Waals surface area contributed by atoms with Crippen molar-refractivity contribution in [3.63, 3.8) is 0 Å². The van der Waals surface area contributed by atoms with Gasteiger partial charge in [-0.3, -0.25) is 14.4 Å². The van der Waals surface area contributed by atoms with Crippen LogP contribution in [-0.2, 0) is 19.1 Å². The summed E-state index contributed by atoms with van der Waals surface area (Å²) in [4.78, 5) is 38.0. The second kappa shape index (κ2) is 9.11. The number of carbonyl (C=O) groups excluding carboxylic acids is 3. The molecule has 0 spiro atoms. The van der Waals surface area contributed by atoms with Crippen LogP contribution in [0.3, 0.4) is 0 Å². The number of ether oxygens (including phenoxy) is 2. The van der Waals surface area contributed by atoms with Gasteiger partial charge in [-0.25, -0.2) is 0 Å². The van der Waals surface area contributed by atoms with Crippen molar-refractivity contribution in [3.05, 3.63) is 70.3 Å². The van der Waals surface area contributed by atoms with E-state index in [4.69, 9.17) is 21.1 Å². The fraction of sp³-hybridized carbons (Fsp3) is 0.227. The molecule has 0 aliphatic carbocycles. The first-order valence-corrected chi connectivity index (χ1v) is 9.53. The van der Waals surface area contributed by atoms with Crippen molar-refractivity contribution in [1.29, 1.82) is 0 Å². The summed E-state index contributed by atoms with van der Waals surface area (Å²) in [6, 6.07) is 11.9. The third-order valence-electron chi connectivity index (χ3n) is 4.65. The molecule has 2 aromatic carbocycles. The highest BCUT2D eigenvalue weighted by Gasteiger charge is 2.45. The van der Waals surface area contributed by atoms with Crippen LogP contribution in [0.4, 0.5) is 0 Å². The second-order valence-electron chi connectivity index (χ2n) is 6.65. The third-order valence-corrected chi connectivity index (χ3v) is 4.90. The van der Waals surface area contributed by atoms with Crippen LogP contribution in [0.25, 0.3) is 5.76 Å². The highest BCUT2D eigenvalue weighted by molar-refractivity contribution is 6.46. The average Bonchev–Trinajstić information content (AvgIpc) is 2.97. The highest BCUT2D eigenvalue weighted by Crippen LogP contribution is 2.39. The summed E-state index contributed by atoms with van der Waals surface area (Å²) >= 11 is 5.91. The maximum Gasteiger partial charge on any atom is 0.308 e. The number of nitrogens with zero attached hydrogens (tertiary/aromatic N) is 1. The summed E-state index contributed by atoms with van der Waals surface area (Å²) in [5.41, 5.74) is 0.918. The smallest absolute Gasteiger partial charge is 0.308 e. The quantitative estimate of drug-likeness (QED) is 0.249. The Morgan fingerprint density at radius 1 is 1.10 bits per heavy atom. The standard InChI is InChI=1S/C22H20ClNO6/c1-13(25)30-17-9-5-14(6-10-17)19-18(20(26)15-3-7-16(23)8-4-15)21(27)22(28)24(19)11-12-29-2/h3-10,19,26H,11-12H2,1-2H3/b20-18-. The molecule has 3 rings (SSSR count). The largest absolute Gasteiger partial charge is 0.507 e. The molecule has 1 heterocycles. The number of likely N-dealkylation sites (tertiary alicyclic amines) is 1. The van der Waals surface area contributed by atoms with E-state index in [0.29, 0.717) is 21.9 Å². The number of Topliss-reactive ketones (excluding diaryl/α,β-unsaturated/α-hetero) is 1. The molecule has 7 nitrogen and oxygen atoms in total. The number of hydrogen-bond acceptors (Lipinski definition) is 6. The Hall–Kier alpha value is -3.16. The first-order valence-electron chi connectivity index (χ1n) is 9.15. The molecule has 8 heteroatoms. The van der Waals surface area contributed by atoms with E-state index in [1.165, 1.54) is 18.9 Å². The second-order valence-corrected chi connectivity index (χ2v) is 7.09. The Balaban J connectivity index is 2.09. The highest BCUT2D eigenvalue weighted by atomic mass is 35.5. The molecule has 1 aliphatic rings. The molecule has 1 N–H and O–H groups in total. The molecule has 1 aliphatic heterocycles. The maximum absolute atomic E-state index is 12.8. The summed E-state index contributed by atoms with van der Waals surface area (Å²) < 4.78 is 10.1. The number of benzene rings is 2. The summed E-state index contributed by atoms with van der Waals surface area (Å²) in [5, 5.41) is 11.4. The number of aliphatic hydroxyl groups is 1. The minimum atomic E-state index is -0.817. The van der Waals surface area contributed by atoms with Crippen molar-refractivity contribution < 1.29 is 29.0 Å². The lowest BCUT2D eigenvalue weighted by Gasteiger charge is -2.25. The van der Waals surface area contributed by atoms with Crippen LogP contribution >= 0.6 is 11.6 Å². The monoisotopic (exact) mass is 429 g/mol. The minimum Gasteiger partial charge on any atom is -0.507 e. The SMILES string of the molecule is COCCN1C(=O)C(=O)/C(=C(\O)c2ccc(Cl)cc2)C1c1ccc(OC(C)=O)cc1.